The fraction of sp³-hybridized carbons (Fsp3) is 0.542. The van der Waals surface area contributed by atoms with Gasteiger partial charge < -0.3 is 20.6 Å². The first-order chi connectivity index (χ1) is 16.9. The second-order valence-electron chi connectivity index (χ2n) is 8.55. The van der Waals surface area contributed by atoms with E-state index in [0.29, 0.717) is 13.1 Å². The molecule has 3 rings (SSSR count). The van der Waals surface area contributed by atoms with Gasteiger partial charge in [0.15, 0.2) is 0 Å². The van der Waals surface area contributed by atoms with E-state index in [-0.39, 0.29) is 30.9 Å². The molecule has 0 saturated heterocycles. The first kappa shape index (κ1) is 26.2. The summed E-state index contributed by atoms with van der Waals surface area (Å²) in [4.78, 5) is 26.2. The van der Waals surface area contributed by atoms with Crippen LogP contribution in [-0.2, 0) is 17.6 Å². The van der Waals surface area contributed by atoms with Crippen LogP contribution in [0.25, 0.3) is 0 Å². The summed E-state index contributed by atoms with van der Waals surface area (Å²) in [6, 6.07) is 5.09. The molecule has 0 spiro atoms. The summed E-state index contributed by atoms with van der Waals surface area (Å²) >= 11 is 0. The second-order valence-corrected chi connectivity index (χ2v) is 8.55. The molecule has 3 N–H and O–H groups in total. The minimum absolute atomic E-state index is 0.0996. The van der Waals surface area contributed by atoms with Crippen LogP contribution in [0.5, 0.6) is 0 Å². The summed E-state index contributed by atoms with van der Waals surface area (Å²) in [7, 11) is 0. The summed E-state index contributed by atoms with van der Waals surface area (Å²) in [5.41, 5.74) is 2.52. The lowest BCUT2D eigenvalue weighted by molar-refractivity contribution is -0.138. The Bertz CT molecular complexity index is 998. The molecular weight excluding hydrogens is 456 g/mol. The van der Waals surface area contributed by atoms with Crippen LogP contribution in [-0.4, -0.2) is 69.6 Å². The number of aromatic nitrogens is 3. The molecule has 3 heterocycles. The molecule has 0 aromatic carbocycles. The Morgan fingerprint density at radius 1 is 1.20 bits per heavy atom. The van der Waals surface area contributed by atoms with E-state index >= 15 is 0 Å². The summed E-state index contributed by atoms with van der Waals surface area (Å²) in [5, 5.41) is 24.5. The van der Waals surface area contributed by atoms with Crippen LogP contribution in [0.2, 0.25) is 0 Å². The lowest BCUT2D eigenvalue weighted by Crippen LogP contribution is -2.36. The number of pyridine rings is 1. The van der Waals surface area contributed by atoms with Crippen molar-refractivity contribution in [3.8, 4) is 6.07 Å². The Kier molecular flexibility index (Phi) is 10.1. The maximum absolute atomic E-state index is 12.8. The van der Waals surface area contributed by atoms with Crippen molar-refractivity contribution in [1.82, 2.24) is 19.9 Å². The normalized spacial score (nSPS) is 13.7. The summed E-state index contributed by atoms with van der Waals surface area (Å²) < 4.78 is 25.7. The highest BCUT2D eigenvalue weighted by Gasteiger charge is 2.20. The Hall–Kier alpha value is -3.39. The molecule has 2 aromatic rings. The Labute approximate surface area is 203 Å². The molecule has 1 aliphatic heterocycles. The average Bonchev–Trinajstić information content (AvgIpc) is 2.86. The molecule has 0 amide bonds. The van der Waals surface area contributed by atoms with E-state index in [1.54, 1.807) is 0 Å². The lowest BCUT2D eigenvalue weighted by atomic mass is 10.1. The van der Waals surface area contributed by atoms with Gasteiger partial charge in [0.05, 0.1) is 18.0 Å². The molecule has 0 saturated carbocycles. The van der Waals surface area contributed by atoms with Crippen molar-refractivity contribution in [3.05, 3.63) is 41.3 Å². The minimum Gasteiger partial charge on any atom is -0.480 e. The van der Waals surface area contributed by atoms with E-state index in [0.717, 1.165) is 50.2 Å². The summed E-state index contributed by atoms with van der Waals surface area (Å²) in [6.07, 6.45) is 4.72. The van der Waals surface area contributed by atoms with Gasteiger partial charge in [-0.3, -0.25) is 0 Å². The number of nitriles is 1. The van der Waals surface area contributed by atoms with E-state index in [9.17, 15) is 18.7 Å². The molecule has 0 radical (unpaired) electrons. The van der Waals surface area contributed by atoms with Gasteiger partial charge in [-0.15, -0.1) is 0 Å². The third kappa shape index (κ3) is 8.72. The smallest absolute Gasteiger partial charge is 0.326 e. The third-order valence-electron chi connectivity index (χ3n) is 5.89. The molecule has 188 valence electrons. The largest absolute Gasteiger partial charge is 0.480 e. The average molecular weight is 488 g/mol. The van der Waals surface area contributed by atoms with Gasteiger partial charge in [0.2, 0.25) is 12.4 Å². The quantitative estimate of drug-likeness (QED) is 0.344. The highest BCUT2D eigenvalue weighted by atomic mass is 19.3. The Morgan fingerprint density at radius 3 is 2.69 bits per heavy atom. The number of carboxylic acid groups (broad SMARTS) is 1. The monoisotopic (exact) mass is 487 g/mol. The molecule has 0 fully saturated rings. The molecule has 9 nitrogen and oxygen atoms in total. The van der Waals surface area contributed by atoms with Crippen molar-refractivity contribution in [2.24, 2.45) is 0 Å². The Morgan fingerprint density at radius 2 is 1.97 bits per heavy atom. The van der Waals surface area contributed by atoms with Gasteiger partial charge in [0.25, 0.3) is 0 Å². The molecule has 11 heteroatoms. The van der Waals surface area contributed by atoms with Crippen molar-refractivity contribution in [2.45, 2.75) is 57.4 Å². The highest BCUT2D eigenvalue weighted by molar-refractivity contribution is 5.76. The van der Waals surface area contributed by atoms with Gasteiger partial charge in [0.1, 0.15) is 17.9 Å². The number of anilines is 2. The number of hydrogen-bond acceptors (Lipinski definition) is 8. The number of nitrogens with one attached hydrogen (secondary N) is 2. The van der Waals surface area contributed by atoms with Crippen LogP contribution in [0.15, 0.2) is 24.5 Å². The molecule has 1 aliphatic rings. The van der Waals surface area contributed by atoms with Gasteiger partial charge >= 0.3 is 5.97 Å². The number of halogens is 2. The van der Waals surface area contributed by atoms with E-state index < -0.39 is 18.4 Å². The number of nitrogens with zero attached hydrogens (tertiary/aromatic N) is 5. The van der Waals surface area contributed by atoms with Crippen LogP contribution >= 0.6 is 0 Å². The molecule has 0 bridgehead atoms. The first-order valence-corrected chi connectivity index (χ1v) is 11.9. The predicted octanol–water partition coefficient (Wildman–Crippen LogP) is 3.34. The first-order valence-electron chi connectivity index (χ1n) is 11.9. The van der Waals surface area contributed by atoms with Crippen LogP contribution in [0.1, 0.15) is 48.9 Å². The van der Waals surface area contributed by atoms with Crippen molar-refractivity contribution in [2.75, 3.05) is 36.8 Å². The van der Waals surface area contributed by atoms with Crippen LogP contribution in [0.4, 0.5) is 20.5 Å². The van der Waals surface area contributed by atoms with Gasteiger partial charge in [-0.05, 0) is 56.7 Å². The maximum atomic E-state index is 12.8. The molecule has 2 aromatic heterocycles. The van der Waals surface area contributed by atoms with Gasteiger partial charge in [-0.25, -0.2) is 28.5 Å². The van der Waals surface area contributed by atoms with Gasteiger partial charge in [-0.2, -0.15) is 5.26 Å². The topological polar surface area (TPSA) is 127 Å². The van der Waals surface area contributed by atoms with Crippen molar-refractivity contribution in [3.63, 3.8) is 0 Å². The van der Waals surface area contributed by atoms with Crippen molar-refractivity contribution < 1.29 is 18.7 Å². The van der Waals surface area contributed by atoms with E-state index in [1.807, 2.05) is 11.0 Å². The number of aliphatic carboxylic acids is 1. The van der Waals surface area contributed by atoms with Crippen LogP contribution < -0.4 is 10.6 Å². The molecule has 0 aliphatic carbocycles. The van der Waals surface area contributed by atoms with Crippen molar-refractivity contribution in [1.29, 1.82) is 5.26 Å². The number of carbonyl (C=O) groups is 1. The molecule has 1 atom stereocenters. The Balaban J connectivity index is 1.49. The van der Waals surface area contributed by atoms with E-state index in [1.165, 1.54) is 18.0 Å². The maximum Gasteiger partial charge on any atom is 0.326 e. The van der Waals surface area contributed by atoms with E-state index in [4.69, 9.17) is 10.2 Å². The van der Waals surface area contributed by atoms with Crippen molar-refractivity contribution >= 4 is 17.7 Å². The van der Waals surface area contributed by atoms with Gasteiger partial charge in [0, 0.05) is 31.7 Å². The zero-order chi connectivity index (χ0) is 25.0. The van der Waals surface area contributed by atoms with Gasteiger partial charge in [-0.1, -0.05) is 6.07 Å². The number of alkyl halides is 2. The predicted molar refractivity (Wildman–Crippen MR) is 127 cm³/mol. The number of unbranched alkanes of at least 4 members (excludes halogenated alkanes) is 1. The number of hydrogen-bond donors (Lipinski definition) is 3. The number of carboxylic acids is 1. The van der Waals surface area contributed by atoms with E-state index in [2.05, 4.69) is 32.7 Å². The zero-order valence-electron chi connectivity index (χ0n) is 19.6. The highest BCUT2D eigenvalue weighted by Crippen LogP contribution is 2.20. The number of aryl methyl sites for hydroxylation is 2. The fourth-order valence-corrected chi connectivity index (χ4v) is 3.95. The minimum atomic E-state index is -2.41. The second kappa shape index (κ2) is 13.5. The summed E-state index contributed by atoms with van der Waals surface area (Å²) in [6.45, 7) is 2.06. The molecule has 35 heavy (non-hydrogen) atoms. The molecule has 0 unspecified atom stereocenters. The third-order valence-corrected chi connectivity index (χ3v) is 5.89. The fourth-order valence-electron chi connectivity index (χ4n) is 3.95. The number of rotatable bonds is 14. The standard InChI is InChI=1S/C24H31F2N7O2/c25-21(26)9-13-33(11-2-1-5-19-7-6-18-4-3-10-28-22(18)31-19)12-8-20(23(34)35)32-24-29-15-17(14-27)16-30-24/h6-7,15-16,20-21H,1-5,8-13H2,(H,28,31)(H,34,35)(H,29,30,32)/t20-/m0/s1. The van der Waals surface area contributed by atoms with Crippen LogP contribution in [0, 0.1) is 11.3 Å². The summed E-state index contributed by atoms with van der Waals surface area (Å²) in [5.74, 6) is -0.0211. The molecular formula is C24H31F2N7O2. The number of fused-ring (bicyclic) bond motifs is 1. The SMILES string of the molecule is N#Cc1cnc(N[C@@H](CCN(CCCCc2ccc3c(n2)NCCC3)CCC(F)F)C(=O)O)nc1. The lowest BCUT2D eigenvalue weighted by Gasteiger charge is -2.24. The zero-order valence-corrected chi connectivity index (χ0v) is 19.6. The van der Waals surface area contributed by atoms with Crippen LogP contribution in [0.3, 0.4) is 0 Å².